The molecule has 0 aliphatic carbocycles. The zero-order valence-corrected chi connectivity index (χ0v) is 7.72. The first-order valence-electron chi connectivity index (χ1n) is 2.75. The molecule has 0 aromatic rings. The molecule has 0 spiro atoms. The highest BCUT2D eigenvalue weighted by Gasteiger charge is 2.13. The monoisotopic (exact) mass is 146 g/mol. The highest BCUT2D eigenvalue weighted by Crippen LogP contribution is 2.08. The molecule has 0 fully saturated rings. The molecule has 0 bridgehead atoms. The Balaban J connectivity index is 3.53. The van der Waals surface area contributed by atoms with E-state index in [1.165, 1.54) is 5.38 Å². The Bertz CT molecular complexity index is 78.6. The smallest absolute Gasteiger partial charge is 0.0808 e. The molecule has 0 saturated carbocycles. The molecule has 0 saturated heterocycles. The van der Waals surface area contributed by atoms with Gasteiger partial charge in [-0.1, -0.05) is 13.1 Å². The number of hydrogen-bond acceptors (Lipinski definition) is 1. The second-order valence-corrected chi connectivity index (χ2v) is 8.74. The van der Waals surface area contributed by atoms with Gasteiger partial charge in [-0.15, -0.1) is 12.3 Å². The summed E-state index contributed by atoms with van der Waals surface area (Å²) in [6.07, 6.45) is 2.15. The molecular formula is C6H14SSi. The molecule has 0 heterocycles. The molecule has 0 nitrogen and oxygen atoms in total. The van der Waals surface area contributed by atoms with Gasteiger partial charge in [-0.25, -0.2) is 0 Å². The molecule has 0 radical (unpaired) electrons. The third-order valence-electron chi connectivity index (χ3n) is 1.07. The van der Waals surface area contributed by atoms with E-state index in [2.05, 4.69) is 31.6 Å². The van der Waals surface area contributed by atoms with Crippen LogP contribution in [0, 0.1) is 0 Å². The van der Waals surface area contributed by atoms with Gasteiger partial charge in [-0.3, -0.25) is 0 Å². The summed E-state index contributed by atoms with van der Waals surface area (Å²) in [5.74, 6) is 0. The zero-order chi connectivity index (χ0) is 6.62. The van der Waals surface area contributed by atoms with Crippen LogP contribution < -0.4 is 0 Å². The van der Waals surface area contributed by atoms with Crippen LogP contribution in [0.4, 0.5) is 0 Å². The molecule has 0 amide bonds. The van der Waals surface area contributed by atoms with Crippen molar-refractivity contribution in [1.82, 2.24) is 0 Å². The summed E-state index contributed by atoms with van der Waals surface area (Å²) in [7, 11) is -0.950. The standard InChI is InChI=1S/C6H14SSi/c1-5-8(3,4)6-7-2/h5H,1,6H2,2-4H3. The van der Waals surface area contributed by atoms with Crippen molar-refractivity contribution in [2.75, 3.05) is 11.6 Å². The van der Waals surface area contributed by atoms with Gasteiger partial charge in [0.2, 0.25) is 0 Å². The molecule has 0 aromatic carbocycles. The molecule has 0 N–H and O–H groups in total. The number of thioether (sulfide) groups is 1. The minimum Gasteiger partial charge on any atom is -0.168 e. The van der Waals surface area contributed by atoms with Gasteiger partial charge >= 0.3 is 0 Å². The van der Waals surface area contributed by atoms with Crippen molar-refractivity contribution in [3.63, 3.8) is 0 Å². The highest BCUT2D eigenvalue weighted by molar-refractivity contribution is 8.00. The first-order chi connectivity index (χ1) is 3.62. The largest absolute Gasteiger partial charge is 0.168 e. The third kappa shape index (κ3) is 3.33. The summed E-state index contributed by atoms with van der Waals surface area (Å²) in [5, 5.41) is 1.30. The van der Waals surface area contributed by atoms with Gasteiger partial charge in [0.25, 0.3) is 0 Å². The number of hydrogen-bond donors (Lipinski definition) is 0. The zero-order valence-electron chi connectivity index (χ0n) is 5.90. The van der Waals surface area contributed by atoms with Crippen LogP contribution in [-0.2, 0) is 0 Å². The normalized spacial score (nSPS) is 11.4. The van der Waals surface area contributed by atoms with E-state index in [-0.39, 0.29) is 0 Å². The quantitative estimate of drug-likeness (QED) is 0.551. The van der Waals surface area contributed by atoms with Gasteiger partial charge in [0, 0.05) is 0 Å². The van der Waals surface area contributed by atoms with Gasteiger partial charge in [0.1, 0.15) is 0 Å². The van der Waals surface area contributed by atoms with Crippen LogP contribution in [0.1, 0.15) is 0 Å². The van der Waals surface area contributed by atoms with E-state index in [1.54, 1.807) is 0 Å². The molecule has 0 atom stereocenters. The molecule has 0 aliphatic heterocycles. The van der Waals surface area contributed by atoms with Crippen molar-refractivity contribution >= 4 is 19.8 Å². The summed E-state index contributed by atoms with van der Waals surface area (Å²) in [6, 6.07) is 0. The van der Waals surface area contributed by atoms with Crippen LogP contribution in [0.5, 0.6) is 0 Å². The second kappa shape index (κ2) is 3.36. The molecular weight excluding hydrogens is 132 g/mol. The van der Waals surface area contributed by atoms with Crippen LogP contribution >= 0.6 is 11.8 Å². The van der Waals surface area contributed by atoms with Crippen LogP contribution in [-0.4, -0.2) is 19.7 Å². The molecule has 0 aromatic heterocycles. The van der Waals surface area contributed by atoms with E-state index in [4.69, 9.17) is 0 Å². The Morgan fingerprint density at radius 1 is 1.62 bits per heavy atom. The van der Waals surface area contributed by atoms with Crippen LogP contribution in [0.3, 0.4) is 0 Å². The van der Waals surface area contributed by atoms with E-state index in [0.29, 0.717) is 0 Å². The van der Waals surface area contributed by atoms with Gasteiger partial charge in [0.05, 0.1) is 8.07 Å². The minimum atomic E-state index is -0.950. The lowest BCUT2D eigenvalue weighted by Gasteiger charge is -2.13. The van der Waals surface area contributed by atoms with Gasteiger partial charge in [-0.05, 0) is 11.6 Å². The maximum atomic E-state index is 3.80. The van der Waals surface area contributed by atoms with E-state index < -0.39 is 8.07 Å². The maximum absolute atomic E-state index is 3.80. The van der Waals surface area contributed by atoms with Crippen molar-refractivity contribution in [2.45, 2.75) is 13.1 Å². The molecule has 0 rings (SSSR count). The van der Waals surface area contributed by atoms with Crippen molar-refractivity contribution in [1.29, 1.82) is 0 Å². The van der Waals surface area contributed by atoms with Crippen molar-refractivity contribution < 1.29 is 0 Å². The van der Waals surface area contributed by atoms with E-state index in [0.717, 1.165) is 0 Å². The Labute approximate surface area is 57.4 Å². The fraction of sp³-hybridized carbons (Fsp3) is 0.667. The minimum absolute atomic E-state index is 0.950. The van der Waals surface area contributed by atoms with Gasteiger partial charge < -0.3 is 0 Å². The van der Waals surface area contributed by atoms with Gasteiger partial charge in [-0.2, -0.15) is 11.8 Å². The number of rotatable bonds is 3. The SMILES string of the molecule is C=C[Si](C)(C)CSC. The lowest BCUT2D eigenvalue weighted by molar-refractivity contribution is 1.74. The molecule has 0 unspecified atom stereocenters. The first-order valence-corrected chi connectivity index (χ1v) is 7.43. The lowest BCUT2D eigenvalue weighted by atomic mass is 11.3. The van der Waals surface area contributed by atoms with Gasteiger partial charge in [0.15, 0.2) is 0 Å². The topological polar surface area (TPSA) is 0 Å². The van der Waals surface area contributed by atoms with E-state index in [1.807, 2.05) is 11.8 Å². The first kappa shape index (κ1) is 8.31. The summed E-state index contributed by atoms with van der Waals surface area (Å²) < 4.78 is 0. The Morgan fingerprint density at radius 3 is 2.25 bits per heavy atom. The Kier molecular flexibility index (Phi) is 3.48. The second-order valence-electron chi connectivity index (χ2n) is 2.63. The Hall–Kier alpha value is 0.307. The summed E-state index contributed by atoms with van der Waals surface area (Å²) in [5.41, 5.74) is 2.14. The van der Waals surface area contributed by atoms with Crippen LogP contribution in [0.25, 0.3) is 0 Å². The van der Waals surface area contributed by atoms with Crippen molar-refractivity contribution in [3.05, 3.63) is 12.3 Å². The van der Waals surface area contributed by atoms with Crippen LogP contribution in [0.2, 0.25) is 13.1 Å². The fourth-order valence-corrected chi connectivity index (χ4v) is 3.88. The fourth-order valence-electron chi connectivity index (χ4n) is 0.431. The predicted octanol–water partition coefficient (Wildman–Crippen LogP) is 2.32. The highest BCUT2D eigenvalue weighted by atomic mass is 32.2. The van der Waals surface area contributed by atoms with E-state index >= 15 is 0 Å². The summed E-state index contributed by atoms with van der Waals surface area (Å²) in [6.45, 7) is 8.46. The third-order valence-corrected chi connectivity index (χ3v) is 6.30. The lowest BCUT2D eigenvalue weighted by Crippen LogP contribution is -2.25. The van der Waals surface area contributed by atoms with Crippen molar-refractivity contribution in [3.8, 4) is 0 Å². The predicted molar refractivity (Wildman–Crippen MR) is 46.1 cm³/mol. The molecule has 0 aliphatic rings. The molecule has 48 valence electrons. The van der Waals surface area contributed by atoms with Crippen molar-refractivity contribution in [2.24, 2.45) is 0 Å². The summed E-state index contributed by atoms with van der Waals surface area (Å²) >= 11 is 1.92. The van der Waals surface area contributed by atoms with E-state index in [9.17, 15) is 0 Å². The summed E-state index contributed by atoms with van der Waals surface area (Å²) in [4.78, 5) is 0. The van der Waals surface area contributed by atoms with Crippen LogP contribution in [0.15, 0.2) is 12.3 Å². The molecule has 8 heavy (non-hydrogen) atoms. The maximum Gasteiger partial charge on any atom is 0.0808 e. The average Bonchev–Trinajstić information content (AvgIpc) is 1.67. The average molecular weight is 146 g/mol. The Morgan fingerprint density at radius 2 is 2.12 bits per heavy atom. The molecule has 2 heteroatoms.